The molecule has 2 aromatic rings. The average Bonchev–Trinajstić information content (AvgIpc) is 2.90. The number of aromatic carboxylic acids is 1. The lowest BCUT2D eigenvalue weighted by Gasteiger charge is -2.30. The molecule has 3 rings (SSSR count). The van der Waals surface area contributed by atoms with Crippen molar-refractivity contribution in [2.75, 3.05) is 11.4 Å². The Hall–Kier alpha value is -2.51. The van der Waals surface area contributed by atoms with Gasteiger partial charge in [0.05, 0.1) is 11.8 Å². The lowest BCUT2D eigenvalue weighted by atomic mass is 10.1. The highest BCUT2D eigenvalue weighted by Gasteiger charge is 2.31. The van der Waals surface area contributed by atoms with Crippen LogP contribution in [0.3, 0.4) is 0 Å². The third-order valence-electron chi connectivity index (χ3n) is 3.56. The van der Waals surface area contributed by atoms with Gasteiger partial charge in [0.1, 0.15) is 11.4 Å². The molecule has 0 fully saturated rings. The summed E-state index contributed by atoms with van der Waals surface area (Å²) in [4.78, 5) is 12.9. The SMILES string of the molecule is O=C(O)c1cnn2c1N(c1ccc(C(F)(F)F)cc1)CCC2. The van der Waals surface area contributed by atoms with Gasteiger partial charge in [0.25, 0.3) is 0 Å². The number of fused-ring (bicyclic) bond motifs is 1. The zero-order valence-corrected chi connectivity index (χ0v) is 11.3. The number of nitrogens with zero attached hydrogens (tertiary/aromatic N) is 3. The fourth-order valence-electron chi connectivity index (χ4n) is 2.54. The predicted octanol–water partition coefficient (Wildman–Crippen LogP) is 3.14. The van der Waals surface area contributed by atoms with Crippen LogP contribution in [0.1, 0.15) is 22.3 Å². The van der Waals surface area contributed by atoms with Crippen LogP contribution in [0, 0.1) is 0 Å². The van der Waals surface area contributed by atoms with Crippen LogP contribution >= 0.6 is 0 Å². The van der Waals surface area contributed by atoms with Crippen LogP contribution in [-0.2, 0) is 12.7 Å². The van der Waals surface area contributed by atoms with Crippen molar-refractivity contribution in [1.82, 2.24) is 9.78 Å². The largest absolute Gasteiger partial charge is 0.477 e. The molecule has 0 amide bonds. The zero-order chi connectivity index (χ0) is 15.9. The average molecular weight is 311 g/mol. The molecule has 0 bridgehead atoms. The smallest absolute Gasteiger partial charge is 0.416 e. The van der Waals surface area contributed by atoms with Crippen LogP contribution in [0.4, 0.5) is 24.7 Å². The lowest BCUT2D eigenvalue weighted by molar-refractivity contribution is -0.137. The minimum atomic E-state index is -4.39. The maximum absolute atomic E-state index is 12.6. The third-order valence-corrected chi connectivity index (χ3v) is 3.56. The fraction of sp³-hybridized carbons (Fsp3) is 0.286. The summed E-state index contributed by atoms with van der Waals surface area (Å²) < 4.78 is 39.4. The van der Waals surface area contributed by atoms with Crippen molar-refractivity contribution in [2.24, 2.45) is 0 Å². The molecule has 0 atom stereocenters. The molecule has 0 unspecified atom stereocenters. The van der Waals surface area contributed by atoms with Crippen molar-refractivity contribution in [2.45, 2.75) is 19.1 Å². The number of aryl methyl sites for hydroxylation is 1. The summed E-state index contributed by atoms with van der Waals surface area (Å²) in [7, 11) is 0. The van der Waals surface area contributed by atoms with Crippen LogP contribution in [-0.4, -0.2) is 27.4 Å². The van der Waals surface area contributed by atoms with Gasteiger partial charge in [0.15, 0.2) is 0 Å². The number of alkyl halides is 3. The number of carboxylic acids is 1. The Morgan fingerprint density at radius 2 is 1.86 bits per heavy atom. The fourth-order valence-corrected chi connectivity index (χ4v) is 2.54. The Balaban J connectivity index is 2.01. The number of hydrogen-bond acceptors (Lipinski definition) is 3. The van der Waals surface area contributed by atoms with E-state index >= 15 is 0 Å². The molecular formula is C14H12F3N3O2. The van der Waals surface area contributed by atoms with Crippen molar-refractivity contribution in [1.29, 1.82) is 0 Å². The molecule has 8 heteroatoms. The lowest BCUT2D eigenvalue weighted by Crippen LogP contribution is -2.29. The zero-order valence-electron chi connectivity index (χ0n) is 11.3. The molecule has 116 valence electrons. The number of benzene rings is 1. The number of hydrogen-bond donors (Lipinski definition) is 1. The summed E-state index contributed by atoms with van der Waals surface area (Å²) in [5.74, 6) is -0.710. The number of carbonyl (C=O) groups is 1. The van der Waals surface area contributed by atoms with Gasteiger partial charge in [0.2, 0.25) is 0 Å². The van der Waals surface area contributed by atoms with Crippen LogP contribution in [0.2, 0.25) is 0 Å². The van der Waals surface area contributed by atoms with Crippen molar-refractivity contribution in [3.63, 3.8) is 0 Å². The Bertz CT molecular complexity index is 707. The number of anilines is 2. The summed E-state index contributed by atoms with van der Waals surface area (Å²) in [6.45, 7) is 1.11. The topological polar surface area (TPSA) is 58.4 Å². The monoisotopic (exact) mass is 311 g/mol. The van der Waals surface area contributed by atoms with E-state index in [2.05, 4.69) is 5.10 Å². The van der Waals surface area contributed by atoms with Crippen molar-refractivity contribution >= 4 is 17.5 Å². The van der Waals surface area contributed by atoms with Crippen LogP contribution in [0.15, 0.2) is 30.5 Å². The molecule has 0 aliphatic carbocycles. The molecule has 0 saturated heterocycles. The first kappa shape index (κ1) is 14.4. The quantitative estimate of drug-likeness (QED) is 0.925. The van der Waals surface area contributed by atoms with E-state index in [0.717, 1.165) is 18.6 Å². The van der Waals surface area contributed by atoms with Gasteiger partial charge in [-0.25, -0.2) is 9.48 Å². The van der Waals surface area contributed by atoms with Crippen molar-refractivity contribution in [3.8, 4) is 0 Å². The summed E-state index contributed by atoms with van der Waals surface area (Å²) in [6, 6.07) is 4.67. The molecular weight excluding hydrogens is 299 g/mol. The van der Waals surface area contributed by atoms with Crippen LogP contribution in [0.5, 0.6) is 0 Å². The maximum Gasteiger partial charge on any atom is 0.416 e. The Labute approximate surface area is 123 Å². The van der Waals surface area contributed by atoms with Gasteiger partial charge in [-0.15, -0.1) is 0 Å². The number of rotatable bonds is 2. The molecule has 1 aliphatic heterocycles. The van der Waals surface area contributed by atoms with Gasteiger partial charge in [-0.2, -0.15) is 18.3 Å². The Morgan fingerprint density at radius 1 is 1.18 bits per heavy atom. The molecule has 2 heterocycles. The van der Waals surface area contributed by atoms with Crippen molar-refractivity contribution in [3.05, 3.63) is 41.6 Å². The van der Waals surface area contributed by atoms with E-state index in [1.165, 1.54) is 18.3 Å². The van der Waals surface area contributed by atoms with Crippen molar-refractivity contribution < 1.29 is 23.1 Å². The standard InChI is InChI=1S/C14H12F3N3O2/c15-14(16,17)9-2-4-10(5-3-9)19-6-1-7-20-12(19)11(8-18-20)13(21)22/h2-5,8H,1,6-7H2,(H,21,22). The first-order chi connectivity index (χ1) is 10.4. The molecule has 1 aromatic heterocycles. The van der Waals surface area contributed by atoms with Gasteiger partial charge in [-0.05, 0) is 30.7 Å². The molecule has 0 spiro atoms. The third kappa shape index (κ3) is 2.40. The highest BCUT2D eigenvalue weighted by molar-refractivity contribution is 5.94. The molecule has 1 aliphatic rings. The van der Waals surface area contributed by atoms with Gasteiger partial charge in [-0.1, -0.05) is 0 Å². The summed E-state index contributed by atoms with van der Waals surface area (Å²) in [6.07, 6.45) is -2.40. The van der Waals surface area contributed by atoms with E-state index in [0.29, 0.717) is 24.6 Å². The molecule has 0 saturated carbocycles. The normalized spacial score (nSPS) is 14.8. The minimum absolute atomic E-state index is 0.0413. The molecule has 22 heavy (non-hydrogen) atoms. The highest BCUT2D eigenvalue weighted by Crippen LogP contribution is 2.35. The predicted molar refractivity (Wildman–Crippen MR) is 72.3 cm³/mol. The number of halogens is 3. The molecule has 0 radical (unpaired) electrons. The van der Waals surface area contributed by atoms with Gasteiger partial charge in [-0.3, -0.25) is 0 Å². The Morgan fingerprint density at radius 3 is 2.45 bits per heavy atom. The van der Waals surface area contributed by atoms with Gasteiger partial charge < -0.3 is 10.0 Å². The van der Waals surface area contributed by atoms with E-state index in [-0.39, 0.29) is 5.56 Å². The highest BCUT2D eigenvalue weighted by atomic mass is 19.4. The summed E-state index contributed by atoms with van der Waals surface area (Å²) >= 11 is 0. The maximum atomic E-state index is 12.6. The Kier molecular flexibility index (Phi) is 3.31. The second-order valence-electron chi connectivity index (χ2n) is 4.96. The first-order valence-electron chi connectivity index (χ1n) is 6.62. The number of aromatic nitrogens is 2. The van der Waals surface area contributed by atoms with Gasteiger partial charge in [0, 0.05) is 18.8 Å². The molecule has 1 N–H and O–H groups in total. The summed E-state index contributed by atoms with van der Waals surface area (Å²) in [5.41, 5.74) is -0.184. The van der Waals surface area contributed by atoms with Crippen LogP contribution in [0.25, 0.3) is 0 Å². The van der Waals surface area contributed by atoms with E-state index < -0.39 is 17.7 Å². The second-order valence-corrected chi connectivity index (χ2v) is 4.96. The van der Waals surface area contributed by atoms with E-state index in [4.69, 9.17) is 0 Å². The minimum Gasteiger partial charge on any atom is -0.477 e. The number of carboxylic acid groups (broad SMARTS) is 1. The summed E-state index contributed by atoms with van der Waals surface area (Å²) in [5, 5.41) is 13.2. The van der Waals surface area contributed by atoms with E-state index in [9.17, 15) is 23.1 Å². The van der Waals surface area contributed by atoms with Crippen LogP contribution < -0.4 is 4.90 Å². The second kappa shape index (κ2) is 5.04. The molecule has 1 aromatic carbocycles. The van der Waals surface area contributed by atoms with E-state index in [1.54, 1.807) is 9.58 Å². The molecule has 5 nitrogen and oxygen atoms in total. The van der Waals surface area contributed by atoms with Gasteiger partial charge >= 0.3 is 12.1 Å². The van der Waals surface area contributed by atoms with E-state index in [1.807, 2.05) is 0 Å². The first-order valence-corrected chi connectivity index (χ1v) is 6.62.